The minimum Gasteiger partial charge on any atom is -0.207 e. The van der Waals surface area contributed by atoms with Gasteiger partial charge in [0.25, 0.3) is 0 Å². The standard InChI is InChI=1S/C13H15Br2F/c14-11-3-1-2-9(7-11)6-10-8-12(15)4-5-13(10)16/h4-5,8-9,11H,1-3,6-7H2. The Morgan fingerprint density at radius 3 is 2.88 bits per heavy atom. The first-order valence-electron chi connectivity index (χ1n) is 5.73. The van der Waals surface area contributed by atoms with Gasteiger partial charge < -0.3 is 0 Å². The zero-order valence-electron chi connectivity index (χ0n) is 9.06. The van der Waals surface area contributed by atoms with Crippen LogP contribution >= 0.6 is 31.9 Å². The minimum absolute atomic E-state index is 0.0695. The maximum absolute atomic E-state index is 13.6. The number of hydrogen-bond acceptors (Lipinski definition) is 0. The Morgan fingerprint density at radius 2 is 2.12 bits per heavy atom. The fraction of sp³-hybridized carbons (Fsp3) is 0.538. The summed E-state index contributed by atoms with van der Waals surface area (Å²) in [4.78, 5) is 0.626. The van der Waals surface area contributed by atoms with Gasteiger partial charge in [0.15, 0.2) is 0 Å². The monoisotopic (exact) mass is 348 g/mol. The molecule has 0 aliphatic heterocycles. The minimum atomic E-state index is -0.0695. The van der Waals surface area contributed by atoms with Gasteiger partial charge in [-0.2, -0.15) is 0 Å². The average Bonchev–Trinajstić information content (AvgIpc) is 2.24. The van der Waals surface area contributed by atoms with Gasteiger partial charge in [0.1, 0.15) is 5.82 Å². The van der Waals surface area contributed by atoms with Crippen LogP contribution in [0.1, 0.15) is 31.2 Å². The summed E-state index contributed by atoms with van der Waals surface area (Å²) in [5.74, 6) is 0.557. The first-order chi connectivity index (χ1) is 7.65. The number of alkyl halides is 1. The highest BCUT2D eigenvalue weighted by atomic mass is 79.9. The summed E-state index contributed by atoms with van der Waals surface area (Å²) in [7, 11) is 0. The quantitative estimate of drug-likeness (QED) is 0.653. The summed E-state index contributed by atoms with van der Waals surface area (Å²) in [6.07, 6.45) is 5.79. The van der Waals surface area contributed by atoms with Crippen LogP contribution in [0.2, 0.25) is 0 Å². The lowest BCUT2D eigenvalue weighted by Gasteiger charge is -2.25. The van der Waals surface area contributed by atoms with E-state index in [2.05, 4.69) is 31.9 Å². The van der Waals surface area contributed by atoms with Crippen LogP contribution in [0.3, 0.4) is 0 Å². The fourth-order valence-electron chi connectivity index (χ4n) is 2.42. The van der Waals surface area contributed by atoms with Crippen molar-refractivity contribution >= 4 is 31.9 Å². The molecule has 1 saturated carbocycles. The first kappa shape index (κ1) is 12.6. The van der Waals surface area contributed by atoms with Crippen molar-refractivity contribution in [2.24, 2.45) is 5.92 Å². The molecule has 0 radical (unpaired) electrons. The molecule has 1 fully saturated rings. The van der Waals surface area contributed by atoms with Crippen LogP contribution in [-0.2, 0) is 6.42 Å². The third kappa shape index (κ3) is 3.30. The molecule has 1 aromatic rings. The van der Waals surface area contributed by atoms with E-state index < -0.39 is 0 Å². The number of hydrogen-bond donors (Lipinski definition) is 0. The average molecular weight is 350 g/mol. The Balaban J connectivity index is 2.05. The van der Waals surface area contributed by atoms with Crippen LogP contribution in [0, 0.1) is 11.7 Å². The Labute approximate surface area is 113 Å². The van der Waals surface area contributed by atoms with Crippen LogP contribution in [0.25, 0.3) is 0 Å². The molecular formula is C13H15Br2F. The molecule has 16 heavy (non-hydrogen) atoms. The van der Waals surface area contributed by atoms with Gasteiger partial charge in [0, 0.05) is 9.30 Å². The van der Waals surface area contributed by atoms with E-state index in [1.54, 1.807) is 12.1 Å². The third-order valence-corrected chi connectivity index (χ3v) is 4.56. The SMILES string of the molecule is Fc1ccc(Br)cc1CC1CCCC(Br)C1. The largest absolute Gasteiger partial charge is 0.207 e. The number of benzene rings is 1. The van der Waals surface area contributed by atoms with E-state index in [9.17, 15) is 4.39 Å². The first-order valence-corrected chi connectivity index (χ1v) is 7.44. The second-order valence-corrected chi connectivity index (χ2v) is 6.78. The zero-order valence-corrected chi connectivity index (χ0v) is 12.2. The van der Waals surface area contributed by atoms with Crippen molar-refractivity contribution in [3.63, 3.8) is 0 Å². The van der Waals surface area contributed by atoms with Gasteiger partial charge in [-0.25, -0.2) is 4.39 Å². The van der Waals surface area contributed by atoms with Crippen LogP contribution in [0.15, 0.2) is 22.7 Å². The lowest BCUT2D eigenvalue weighted by Crippen LogP contribution is -2.17. The van der Waals surface area contributed by atoms with Gasteiger partial charge in [-0.3, -0.25) is 0 Å². The molecule has 1 aliphatic carbocycles. The van der Waals surface area contributed by atoms with Gasteiger partial charge in [0.05, 0.1) is 0 Å². The molecule has 88 valence electrons. The molecule has 1 aromatic carbocycles. The number of rotatable bonds is 2. The van der Waals surface area contributed by atoms with E-state index in [0.717, 1.165) is 16.5 Å². The van der Waals surface area contributed by atoms with Gasteiger partial charge >= 0.3 is 0 Å². The highest BCUT2D eigenvalue weighted by molar-refractivity contribution is 9.10. The lowest BCUT2D eigenvalue weighted by atomic mass is 9.85. The van der Waals surface area contributed by atoms with Crippen molar-refractivity contribution in [1.29, 1.82) is 0 Å². The molecule has 1 aliphatic rings. The van der Waals surface area contributed by atoms with Crippen molar-refractivity contribution in [3.8, 4) is 0 Å². The molecule has 0 aromatic heterocycles. The molecule has 0 N–H and O–H groups in total. The molecule has 2 unspecified atom stereocenters. The van der Waals surface area contributed by atoms with E-state index in [1.165, 1.54) is 25.7 Å². The smallest absolute Gasteiger partial charge is 0.126 e. The van der Waals surface area contributed by atoms with Crippen LogP contribution in [-0.4, -0.2) is 4.83 Å². The predicted octanol–water partition coefficient (Wildman–Crippen LogP) is 5.08. The van der Waals surface area contributed by atoms with Gasteiger partial charge in [-0.15, -0.1) is 0 Å². The molecule has 0 heterocycles. The summed E-state index contributed by atoms with van der Waals surface area (Å²) >= 11 is 7.07. The Bertz CT molecular complexity index is 365. The van der Waals surface area contributed by atoms with Crippen LogP contribution in [0.4, 0.5) is 4.39 Å². The van der Waals surface area contributed by atoms with Crippen LogP contribution in [0.5, 0.6) is 0 Å². The van der Waals surface area contributed by atoms with E-state index in [4.69, 9.17) is 0 Å². The highest BCUT2D eigenvalue weighted by Crippen LogP contribution is 2.32. The number of halogens is 3. The molecule has 3 heteroatoms. The third-order valence-electron chi connectivity index (χ3n) is 3.24. The lowest BCUT2D eigenvalue weighted by molar-refractivity contribution is 0.364. The van der Waals surface area contributed by atoms with Crippen molar-refractivity contribution < 1.29 is 4.39 Å². The van der Waals surface area contributed by atoms with Gasteiger partial charge in [-0.05, 0) is 48.9 Å². The van der Waals surface area contributed by atoms with E-state index in [-0.39, 0.29) is 5.82 Å². The predicted molar refractivity (Wildman–Crippen MR) is 72.5 cm³/mol. The molecule has 0 saturated heterocycles. The van der Waals surface area contributed by atoms with Crippen molar-refractivity contribution in [2.45, 2.75) is 36.9 Å². The Hall–Kier alpha value is 0.110. The topological polar surface area (TPSA) is 0 Å². The second kappa shape index (κ2) is 5.63. The van der Waals surface area contributed by atoms with Crippen LogP contribution < -0.4 is 0 Å². The Morgan fingerprint density at radius 1 is 1.31 bits per heavy atom. The maximum Gasteiger partial charge on any atom is 0.126 e. The normalized spacial score (nSPS) is 25.7. The molecule has 0 spiro atoms. The summed E-state index contributed by atoms with van der Waals surface area (Å²) in [5, 5.41) is 0. The van der Waals surface area contributed by atoms with E-state index in [0.29, 0.717) is 10.7 Å². The van der Waals surface area contributed by atoms with Gasteiger partial charge in [0.2, 0.25) is 0 Å². The van der Waals surface area contributed by atoms with Crippen molar-refractivity contribution in [1.82, 2.24) is 0 Å². The maximum atomic E-state index is 13.6. The molecule has 2 atom stereocenters. The molecular weight excluding hydrogens is 335 g/mol. The summed E-state index contributed by atoms with van der Waals surface area (Å²) < 4.78 is 14.6. The van der Waals surface area contributed by atoms with E-state index >= 15 is 0 Å². The molecule has 0 bridgehead atoms. The molecule has 2 rings (SSSR count). The highest BCUT2D eigenvalue weighted by Gasteiger charge is 2.21. The van der Waals surface area contributed by atoms with Crippen molar-refractivity contribution in [2.75, 3.05) is 0 Å². The summed E-state index contributed by atoms with van der Waals surface area (Å²) in [5.41, 5.74) is 0.848. The fourth-order valence-corrected chi connectivity index (χ4v) is 3.68. The summed E-state index contributed by atoms with van der Waals surface area (Å²) in [6.45, 7) is 0. The van der Waals surface area contributed by atoms with Gasteiger partial charge in [-0.1, -0.05) is 44.7 Å². The molecule has 0 nitrogen and oxygen atoms in total. The van der Waals surface area contributed by atoms with Crippen molar-refractivity contribution in [3.05, 3.63) is 34.1 Å². The summed E-state index contributed by atoms with van der Waals surface area (Å²) in [6, 6.07) is 5.22. The molecule has 0 amide bonds. The zero-order chi connectivity index (χ0) is 11.5. The second-order valence-electron chi connectivity index (χ2n) is 4.57. The van der Waals surface area contributed by atoms with E-state index in [1.807, 2.05) is 6.07 Å². The Kier molecular flexibility index (Phi) is 4.42.